The van der Waals surface area contributed by atoms with Gasteiger partial charge in [-0.2, -0.15) is 0 Å². The molecule has 0 aromatic rings. The summed E-state index contributed by atoms with van der Waals surface area (Å²) < 4.78 is 26.8. The average Bonchev–Trinajstić information content (AvgIpc) is 2.28. The van der Waals surface area contributed by atoms with E-state index in [1.807, 2.05) is 20.8 Å². The van der Waals surface area contributed by atoms with Crippen molar-refractivity contribution >= 4 is 16.1 Å². The molecule has 0 saturated carbocycles. The van der Waals surface area contributed by atoms with E-state index >= 15 is 0 Å². The summed E-state index contributed by atoms with van der Waals surface area (Å²) in [6.45, 7) is 11.4. The Bertz CT molecular complexity index is 430. The third kappa shape index (κ3) is 12.8. The van der Waals surface area contributed by atoms with Crippen LogP contribution in [0.3, 0.4) is 0 Å². The predicted octanol–water partition coefficient (Wildman–Crippen LogP) is 1.05. The monoisotopic (exact) mass is 337 g/mol. The van der Waals surface area contributed by atoms with Crippen LogP contribution in [0.2, 0.25) is 0 Å². The van der Waals surface area contributed by atoms with Gasteiger partial charge in [0.15, 0.2) is 0 Å². The van der Waals surface area contributed by atoms with Gasteiger partial charge < -0.3 is 15.4 Å². The van der Waals surface area contributed by atoms with E-state index in [2.05, 4.69) is 24.5 Å². The van der Waals surface area contributed by atoms with Crippen molar-refractivity contribution in [1.29, 1.82) is 0 Å². The van der Waals surface area contributed by atoms with Crippen molar-refractivity contribution < 1.29 is 17.9 Å². The molecule has 0 spiro atoms. The first-order chi connectivity index (χ1) is 9.91. The fraction of sp³-hybridized carbons (Fsp3) is 0.929. The molecule has 0 aliphatic carbocycles. The molecule has 7 nitrogen and oxygen atoms in total. The van der Waals surface area contributed by atoms with Gasteiger partial charge >= 0.3 is 6.09 Å². The van der Waals surface area contributed by atoms with Crippen LogP contribution in [0.5, 0.6) is 0 Å². The second kappa shape index (κ2) is 9.32. The molecule has 0 heterocycles. The average molecular weight is 337 g/mol. The summed E-state index contributed by atoms with van der Waals surface area (Å²) in [7, 11) is -3.39. The van der Waals surface area contributed by atoms with Gasteiger partial charge in [-0.15, -0.1) is 0 Å². The minimum Gasteiger partial charge on any atom is -0.444 e. The van der Waals surface area contributed by atoms with Crippen molar-refractivity contribution in [3.63, 3.8) is 0 Å². The molecule has 0 aliphatic heterocycles. The minimum absolute atomic E-state index is 0.0253. The summed E-state index contributed by atoms with van der Waals surface area (Å²) >= 11 is 0. The molecule has 0 fully saturated rings. The lowest BCUT2D eigenvalue weighted by Crippen LogP contribution is -2.39. The molecule has 1 atom stereocenters. The number of sulfonamides is 1. The van der Waals surface area contributed by atoms with E-state index in [0.29, 0.717) is 32.0 Å². The number of primary sulfonamides is 1. The highest BCUT2D eigenvalue weighted by atomic mass is 32.2. The summed E-state index contributed by atoms with van der Waals surface area (Å²) in [5.74, 6) is 0.588. The third-order valence-corrected chi connectivity index (χ3v) is 3.90. The highest BCUT2D eigenvalue weighted by Crippen LogP contribution is 2.10. The molecule has 0 aromatic heterocycles. The van der Waals surface area contributed by atoms with Crippen LogP contribution in [0.4, 0.5) is 4.79 Å². The fourth-order valence-corrected chi connectivity index (χ4v) is 2.30. The first-order valence-electron chi connectivity index (χ1n) is 7.59. The van der Waals surface area contributed by atoms with Gasteiger partial charge in [-0.3, -0.25) is 0 Å². The number of carbonyl (C=O) groups excluding carboxylic acids is 1. The van der Waals surface area contributed by atoms with Gasteiger partial charge in [0.2, 0.25) is 10.0 Å². The zero-order valence-corrected chi connectivity index (χ0v) is 15.1. The summed E-state index contributed by atoms with van der Waals surface area (Å²) in [6.07, 6.45) is 0.0516. The number of nitrogens with one attached hydrogen (secondary N) is 2. The number of nitrogens with two attached hydrogens (primary N) is 1. The van der Waals surface area contributed by atoms with Gasteiger partial charge in [-0.25, -0.2) is 18.4 Å². The van der Waals surface area contributed by atoms with Gasteiger partial charge in [-0.1, -0.05) is 13.8 Å². The van der Waals surface area contributed by atoms with Gasteiger partial charge in [0, 0.05) is 6.54 Å². The summed E-state index contributed by atoms with van der Waals surface area (Å²) in [5.41, 5.74) is -0.511. The summed E-state index contributed by atoms with van der Waals surface area (Å²) in [6, 6.07) is 0. The maximum atomic E-state index is 11.6. The summed E-state index contributed by atoms with van der Waals surface area (Å²) in [4.78, 5) is 11.6. The van der Waals surface area contributed by atoms with Crippen molar-refractivity contribution in [2.45, 2.75) is 46.6 Å². The highest BCUT2D eigenvalue weighted by molar-refractivity contribution is 7.89. The van der Waals surface area contributed by atoms with Crippen LogP contribution in [0, 0.1) is 11.8 Å². The number of ether oxygens (including phenoxy) is 1. The van der Waals surface area contributed by atoms with Crippen LogP contribution >= 0.6 is 0 Å². The Kier molecular flexibility index (Phi) is 8.95. The largest absolute Gasteiger partial charge is 0.444 e. The quantitative estimate of drug-likeness (QED) is 0.545. The zero-order valence-electron chi connectivity index (χ0n) is 14.3. The highest BCUT2D eigenvalue weighted by Gasteiger charge is 2.18. The lowest BCUT2D eigenvalue weighted by molar-refractivity contribution is 0.0515. The standard InChI is InChI=1S/C14H31N3O4S/c1-11(2)12(9-16-7-6-8-22(15,19)20)10-17-13(18)21-14(3,4)5/h11-12,16H,6-10H2,1-5H3,(H,17,18)(H2,15,19,20). The second-order valence-corrected chi connectivity index (χ2v) is 8.55. The van der Waals surface area contributed by atoms with Gasteiger partial charge in [-0.05, 0) is 52.1 Å². The van der Waals surface area contributed by atoms with E-state index in [0.717, 1.165) is 0 Å². The molecule has 0 rings (SSSR count). The zero-order chi connectivity index (χ0) is 17.4. The van der Waals surface area contributed by atoms with Crippen molar-refractivity contribution in [2.75, 3.05) is 25.4 Å². The fourth-order valence-electron chi connectivity index (χ4n) is 1.76. The normalized spacial score (nSPS) is 14.0. The van der Waals surface area contributed by atoms with E-state index in [1.165, 1.54) is 0 Å². The Hall–Kier alpha value is -0.860. The molecule has 1 unspecified atom stereocenters. The van der Waals surface area contributed by atoms with Crippen LogP contribution in [-0.4, -0.2) is 45.5 Å². The predicted molar refractivity (Wildman–Crippen MR) is 88.0 cm³/mol. The molecule has 1 amide bonds. The first-order valence-corrected chi connectivity index (χ1v) is 9.30. The van der Waals surface area contributed by atoms with Crippen LogP contribution in [0.15, 0.2) is 0 Å². The van der Waals surface area contributed by atoms with E-state index in [4.69, 9.17) is 9.88 Å². The number of amides is 1. The molecule has 0 radical (unpaired) electrons. The maximum Gasteiger partial charge on any atom is 0.407 e. The maximum absolute atomic E-state index is 11.6. The van der Waals surface area contributed by atoms with Crippen LogP contribution in [0.25, 0.3) is 0 Å². The number of hydrogen-bond acceptors (Lipinski definition) is 5. The van der Waals surface area contributed by atoms with E-state index in [9.17, 15) is 13.2 Å². The number of carbonyl (C=O) groups is 1. The SMILES string of the molecule is CC(C)C(CNCCCS(N)(=O)=O)CNC(=O)OC(C)(C)C. The first kappa shape index (κ1) is 21.1. The molecular formula is C14H31N3O4S. The second-order valence-electron chi connectivity index (χ2n) is 6.81. The summed E-state index contributed by atoms with van der Waals surface area (Å²) in [5, 5.41) is 10.9. The molecule has 22 heavy (non-hydrogen) atoms. The lowest BCUT2D eigenvalue weighted by atomic mass is 9.96. The molecule has 0 bridgehead atoms. The van der Waals surface area contributed by atoms with Crippen molar-refractivity contribution in [1.82, 2.24) is 10.6 Å². The molecular weight excluding hydrogens is 306 g/mol. The van der Waals surface area contributed by atoms with Gasteiger partial charge in [0.1, 0.15) is 5.60 Å². The molecule has 0 saturated heterocycles. The van der Waals surface area contributed by atoms with Gasteiger partial charge in [0.05, 0.1) is 5.75 Å². The molecule has 0 aliphatic rings. The minimum atomic E-state index is -3.39. The Balaban J connectivity index is 4.04. The topological polar surface area (TPSA) is 111 Å². The number of rotatable bonds is 9. The van der Waals surface area contributed by atoms with Crippen molar-refractivity contribution in [3.8, 4) is 0 Å². The smallest absolute Gasteiger partial charge is 0.407 e. The van der Waals surface area contributed by atoms with E-state index in [-0.39, 0.29) is 11.7 Å². The molecule has 8 heteroatoms. The Morgan fingerprint density at radius 3 is 2.27 bits per heavy atom. The molecule has 0 aromatic carbocycles. The van der Waals surface area contributed by atoms with Gasteiger partial charge in [0.25, 0.3) is 0 Å². The van der Waals surface area contributed by atoms with Crippen molar-refractivity contribution in [2.24, 2.45) is 17.0 Å². The van der Waals surface area contributed by atoms with Crippen LogP contribution < -0.4 is 15.8 Å². The Morgan fingerprint density at radius 1 is 1.23 bits per heavy atom. The van der Waals surface area contributed by atoms with E-state index < -0.39 is 21.7 Å². The van der Waals surface area contributed by atoms with Crippen LogP contribution in [0.1, 0.15) is 41.0 Å². The van der Waals surface area contributed by atoms with Crippen molar-refractivity contribution in [3.05, 3.63) is 0 Å². The Labute approximate surface area is 134 Å². The molecule has 132 valence electrons. The third-order valence-electron chi connectivity index (χ3n) is 3.04. The number of alkyl carbamates (subject to hydrolysis) is 1. The number of hydrogen-bond donors (Lipinski definition) is 3. The molecule has 4 N–H and O–H groups in total. The Morgan fingerprint density at radius 2 is 1.82 bits per heavy atom. The lowest BCUT2D eigenvalue weighted by Gasteiger charge is -2.24. The van der Waals surface area contributed by atoms with Crippen LogP contribution in [-0.2, 0) is 14.8 Å². The van der Waals surface area contributed by atoms with E-state index in [1.54, 1.807) is 0 Å².